The Morgan fingerprint density at radius 1 is 1.31 bits per heavy atom. The summed E-state index contributed by atoms with van der Waals surface area (Å²) in [6, 6.07) is 8.99. The summed E-state index contributed by atoms with van der Waals surface area (Å²) in [6.45, 7) is 0.883. The molecule has 11 nitrogen and oxygen atoms in total. The molecule has 2 heterocycles. The molecule has 0 saturated carbocycles. The van der Waals surface area contributed by atoms with E-state index in [1.165, 1.54) is 0 Å². The molecule has 0 atom stereocenters. The largest absolute Gasteiger partial charge is 0.471 e. The van der Waals surface area contributed by atoms with Gasteiger partial charge in [0.1, 0.15) is 6.61 Å². The summed E-state index contributed by atoms with van der Waals surface area (Å²) in [5.74, 6) is 0.426. The average Bonchev–Trinajstić information content (AvgIpc) is 3.13. The van der Waals surface area contributed by atoms with Crippen LogP contribution in [0.25, 0.3) is 11.2 Å². The number of carbonyl (C=O) groups excluding carboxylic acids is 1. The maximum Gasteiger partial charge on any atom is 0.340 e. The topological polar surface area (TPSA) is 141 Å². The van der Waals surface area contributed by atoms with E-state index in [0.29, 0.717) is 29.3 Å². The molecule has 1 aromatic carbocycles. The zero-order chi connectivity index (χ0) is 20.6. The molecule has 0 radical (unpaired) electrons. The van der Waals surface area contributed by atoms with Gasteiger partial charge in [0.15, 0.2) is 11.2 Å². The third-order valence-electron chi connectivity index (χ3n) is 3.93. The van der Waals surface area contributed by atoms with Crippen LogP contribution in [0.4, 0.5) is 10.7 Å². The lowest BCUT2D eigenvalue weighted by Crippen LogP contribution is -2.38. The quantitative estimate of drug-likeness (QED) is 0.307. The number of nitrogens with two attached hydrogens (primary N) is 1. The molecule has 0 spiro atoms. The molecule has 12 heteroatoms. The fourth-order valence-electron chi connectivity index (χ4n) is 2.56. The van der Waals surface area contributed by atoms with Crippen molar-refractivity contribution in [3.8, 4) is 5.88 Å². The second-order valence-corrected chi connectivity index (χ2v) is 6.28. The summed E-state index contributed by atoms with van der Waals surface area (Å²) in [7, 11) is 0. The number of rotatable bonds is 9. The van der Waals surface area contributed by atoms with Gasteiger partial charge in [-0.05, 0) is 5.56 Å². The number of urea groups is 1. The highest BCUT2D eigenvalue weighted by atomic mass is 35.5. The number of alkyl halides is 1. The predicted octanol–water partition coefficient (Wildman–Crippen LogP) is 1.92. The number of imidazole rings is 1. The molecule has 0 saturated heterocycles. The zero-order valence-electron chi connectivity index (χ0n) is 15.4. The van der Waals surface area contributed by atoms with Crippen LogP contribution in [0.15, 0.2) is 41.9 Å². The van der Waals surface area contributed by atoms with E-state index in [0.717, 1.165) is 5.56 Å². The van der Waals surface area contributed by atoms with E-state index in [2.05, 4.69) is 25.6 Å². The minimum atomic E-state index is -0.633. The van der Waals surface area contributed by atoms with Gasteiger partial charge in [0, 0.05) is 19.0 Å². The van der Waals surface area contributed by atoms with Crippen LogP contribution < -0.4 is 15.8 Å². The fraction of sp³-hybridized carbons (Fsp3) is 0.294. The van der Waals surface area contributed by atoms with Crippen molar-refractivity contribution >= 4 is 34.7 Å². The zero-order valence-corrected chi connectivity index (χ0v) is 16.1. The average molecular weight is 419 g/mol. The van der Waals surface area contributed by atoms with Crippen LogP contribution in [0.2, 0.25) is 0 Å². The summed E-state index contributed by atoms with van der Waals surface area (Å²) in [5.41, 5.74) is 7.72. The highest BCUT2D eigenvalue weighted by Crippen LogP contribution is 2.22. The van der Waals surface area contributed by atoms with Gasteiger partial charge in [-0.3, -0.25) is 0 Å². The molecule has 2 aromatic heterocycles. The van der Waals surface area contributed by atoms with Crippen molar-refractivity contribution in [3.63, 3.8) is 0 Å². The fourth-order valence-corrected chi connectivity index (χ4v) is 2.72. The number of hydrogen-bond donors (Lipinski definition) is 2. The van der Waals surface area contributed by atoms with Gasteiger partial charge in [0.05, 0.1) is 18.2 Å². The Kier molecular flexibility index (Phi) is 6.74. The molecule has 152 valence electrons. The van der Waals surface area contributed by atoms with Crippen molar-refractivity contribution in [2.45, 2.75) is 13.2 Å². The Morgan fingerprint density at radius 3 is 2.83 bits per heavy atom. The van der Waals surface area contributed by atoms with Crippen molar-refractivity contribution in [1.29, 1.82) is 0 Å². The smallest absolute Gasteiger partial charge is 0.340 e. The van der Waals surface area contributed by atoms with Crippen LogP contribution >= 0.6 is 11.6 Å². The van der Waals surface area contributed by atoms with E-state index < -0.39 is 6.03 Å². The maximum atomic E-state index is 11.9. The Hall–Kier alpha value is -3.47. The SMILES string of the molecule is Nc1nc(OCc2ccccc2)c2ncn(CCNC(=O)N(CCCl)N=O)c2n1. The van der Waals surface area contributed by atoms with Crippen LogP contribution in [0.1, 0.15) is 5.56 Å². The molecule has 0 aliphatic heterocycles. The number of halogens is 1. The molecule has 29 heavy (non-hydrogen) atoms. The number of fused-ring (bicyclic) bond motifs is 1. The summed E-state index contributed by atoms with van der Waals surface area (Å²) >= 11 is 5.52. The van der Waals surface area contributed by atoms with Gasteiger partial charge in [-0.2, -0.15) is 15.0 Å². The molecule has 3 N–H and O–H groups in total. The van der Waals surface area contributed by atoms with E-state index in [4.69, 9.17) is 22.1 Å². The number of amides is 2. The number of anilines is 1. The van der Waals surface area contributed by atoms with Crippen molar-refractivity contribution in [1.82, 2.24) is 29.8 Å². The van der Waals surface area contributed by atoms with E-state index in [-0.39, 0.29) is 30.8 Å². The number of carbonyl (C=O) groups is 1. The Balaban J connectivity index is 1.68. The van der Waals surface area contributed by atoms with Crippen LogP contribution in [0, 0.1) is 4.91 Å². The summed E-state index contributed by atoms with van der Waals surface area (Å²) < 4.78 is 7.47. The number of benzene rings is 1. The lowest BCUT2D eigenvalue weighted by Gasteiger charge is -2.13. The minimum Gasteiger partial charge on any atom is -0.471 e. The van der Waals surface area contributed by atoms with Crippen molar-refractivity contribution < 1.29 is 9.53 Å². The second-order valence-electron chi connectivity index (χ2n) is 5.90. The predicted molar refractivity (Wildman–Crippen MR) is 107 cm³/mol. The van der Waals surface area contributed by atoms with Crippen LogP contribution in [-0.2, 0) is 13.2 Å². The van der Waals surface area contributed by atoms with Gasteiger partial charge < -0.3 is 20.4 Å². The third-order valence-corrected chi connectivity index (χ3v) is 4.09. The van der Waals surface area contributed by atoms with E-state index >= 15 is 0 Å². The summed E-state index contributed by atoms with van der Waals surface area (Å²) in [6.07, 6.45) is 1.55. The maximum absolute atomic E-state index is 11.9. The Labute approximate surface area is 170 Å². The van der Waals surface area contributed by atoms with E-state index in [1.54, 1.807) is 10.9 Å². The first-order valence-corrected chi connectivity index (χ1v) is 9.25. The highest BCUT2D eigenvalue weighted by molar-refractivity contribution is 6.18. The van der Waals surface area contributed by atoms with Crippen LogP contribution in [-0.4, -0.2) is 49.5 Å². The molecular formula is C17H19ClN8O3. The van der Waals surface area contributed by atoms with Crippen LogP contribution in [0.3, 0.4) is 0 Å². The molecule has 3 rings (SSSR count). The number of ether oxygens (including phenoxy) is 1. The third kappa shape index (κ3) is 5.08. The molecule has 0 fully saturated rings. The number of nitrogens with one attached hydrogen (secondary N) is 1. The first-order valence-electron chi connectivity index (χ1n) is 8.72. The lowest BCUT2D eigenvalue weighted by atomic mass is 10.2. The monoisotopic (exact) mass is 418 g/mol. The number of nitrogen functional groups attached to an aromatic ring is 1. The number of nitrogens with zero attached hydrogens (tertiary/aromatic N) is 6. The molecule has 0 aliphatic carbocycles. The van der Waals surface area contributed by atoms with Crippen molar-refractivity contribution in [2.24, 2.45) is 5.29 Å². The van der Waals surface area contributed by atoms with Gasteiger partial charge >= 0.3 is 6.03 Å². The van der Waals surface area contributed by atoms with Gasteiger partial charge in [0.25, 0.3) is 0 Å². The van der Waals surface area contributed by atoms with E-state index in [9.17, 15) is 9.70 Å². The Bertz CT molecular complexity index is 981. The van der Waals surface area contributed by atoms with Gasteiger partial charge in [-0.15, -0.1) is 16.5 Å². The number of hydrogen-bond acceptors (Lipinski definition) is 8. The highest BCUT2D eigenvalue weighted by Gasteiger charge is 2.15. The number of nitroso groups, excluding NO2 is 1. The molecule has 3 aromatic rings. The van der Waals surface area contributed by atoms with Gasteiger partial charge in [-0.1, -0.05) is 30.3 Å². The molecule has 0 bridgehead atoms. The molecular weight excluding hydrogens is 400 g/mol. The van der Waals surface area contributed by atoms with Crippen molar-refractivity contribution in [3.05, 3.63) is 47.1 Å². The molecule has 0 aliphatic rings. The lowest BCUT2D eigenvalue weighted by molar-refractivity contribution is 0.202. The van der Waals surface area contributed by atoms with Crippen LogP contribution in [0.5, 0.6) is 5.88 Å². The van der Waals surface area contributed by atoms with Crippen molar-refractivity contribution in [2.75, 3.05) is 24.7 Å². The van der Waals surface area contributed by atoms with Gasteiger partial charge in [-0.25, -0.2) is 9.78 Å². The molecule has 0 unspecified atom stereocenters. The molecule has 2 amide bonds. The number of aromatic nitrogens is 4. The Morgan fingerprint density at radius 2 is 2.10 bits per heavy atom. The first-order chi connectivity index (χ1) is 14.1. The normalized spacial score (nSPS) is 10.7. The summed E-state index contributed by atoms with van der Waals surface area (Å²) in [4.78, 5) is 35.1. The second kappa shape index (κ2) is 9.64. The minimum absolute atomic E-state index is 0.0246. The van der Waals surface area contributed by atoms with E-state index in [1.807, 2.05) is 30.3 Å². The first kappa shape index (κ1) is 20.3. The summed E-state index contributed by atoms with van der Waals surface area (Å²) in [5, 5.41) is 5.92. The van der Waals surface area contributed by atoms with Gasteiger partial charge in [0.2, 0.25) is 11.8 Å². The standard InChI is InChI=1S/C17H19ClN8O3/c18-6-8-26(24-28)17(27)20-7-9-25-11-21-13-14(25)22-16(19)23-15(13)29-10-12-4-2-1-3-5-12/h1-5,11H,6-10H2,(H,20,27)(H2,19,22,23).